The first-order valence-electron chi connectivity index (χ1n) is 9.61. The van der Waals surface area contributed by atoms with Crippen molar-refractivity contribution in [3.63, 3.8) is 0 Å². The topological polar surface area (TPSA) is 50.2 Å². The van der Waals surface area contributed by atoms with Crippen molar-refractivity contribution in [1.29, 1.82) is 0 Å². The van der Waals surface area contributed by atoms with Gasteiger partial charge in [-0.05, 0) is 56.5 Å². The number of hydrogen-bond acceptors (Lipinski definition) is 3. The fourth-order valence-corrected chi connectivity index (χ4v) is 3.71. The molecule has 0 bridgehead atoms. The summed E-state index contributed by atoms with van der Waals surface area (Å²) in [6, 6.07) is 7.94. The molecule has 0 saturated carbocycles. The summed E-state index contributed by atoms with van der Waals surface area (Å²) in [6.07, 6.45) is 6.26. The summed E-state index contributed by atoms with van der Waals surface area (Å²) in [7, 11) is 0. The fraction of sp³-hybridized carbons (Fsp3) is 0.524. The molecule has 1 saturated heterocycles. The van der Waals surface area contributed by atoms with Crippen LogP contribution in [0.3, 0.4) is 0 Å². The molecule has 1 fully saturated rings. The van der Waals surface area contributed by atoms with Gasteiger partial charge in [0.25, 0.3) is 0 Å². The number of likely N-dealkylation sites (tertiary alicyclic amines) is 1. The SMILES string of the molecule is Cc1cccc(NC(=O)CN2CCC(Cn3ccnc3C(C)C)CC2)c1. The maximum absolute atomic E-state index is 12.3. The predicted octanol–water partition coefficient (Wildman–Crippen LogP) is 3.67. The summed E-state index contributed by atoms with van der Waals surface area (Å²) in [5.74, 6) is 2.36. The van der Waals surface area contributed by atoms with Crippen LogP contribution in [0.15, 0.2) is 36.7 Å². The van der Waals surface area contributed by atoms with Gasteiger partial charge in [0.15, 0.2) is 0 Å². The number of nitrogens with one attached hydrogen (secondary N) is 1. The first kappa shape index (κ1) is 18.6. The van der Waals surface area contributed by atoms with Gasteiger partial charge in [0, 0.05) is 30.5 Å². The highest BCUT2D eigenvalue weighted by Gasteiger charge is 2.22. The highest BCUT2D eigenvalue weighted by atomic mass is 16.2. The highest BCUT2D eigenvalue weighted by molar-refractivity contribution is 5.92. The largest absolute Gasteiger partial charge is 0.334 e. The molecule has 2 aromatic rings. The Morgan fingerprint density at radius 3 is 2.77 bits per heavy atom. The standard InChI is InChI=1S/C21H30N4O/c1-16(2)21-22-9-12-25(21)14-18-7-10-24(11-8-18)15-20(26)23-19-6-4-5-17(3)13-19/h4-6,9,12-13,16,18H,7-8,10-11,14-15H2,1-3H3,(H,23,26). The molecule has 0 spiro atoms. The smallest absolute Gasteiger partial charge is 0.238 e. The summed E-state index contributed by atoms with van der Waals surface area (Å²) in [4.78, 5) is 19.0. The molecule has 26 heavy (non-hydrogen) atoms. The van der Waals surface area contributed by atoms with Crippen LogP contribution < -0.4 is 5.32 Å². The Morgan fingerprint density at radius 2 is 2.08 bits per heavy atom. The Labute approximate surface area is 156 Å². The minimum atomic E-state index is 0.0748. The van der Waals surface area contributed by atoms with E-state index in [1.54, 1.807) is 0 Å². The average molecular weight is 354 g/mol. The third kappa shape index (κ3) is 4.94. The number of benzene rings is 1. The van der Waals surface area contributed by atoms with Crippen molar-refractivity contribution in [2.45, 2.75) is 46.1 Å². The van der Waals surface area contributed by atoms with E-state index in [2.05, 4.69) is 39.8 Å². The Hall–Kier alpha value is -2.14. The number of aryl methyl sites for hydroxylation is 1. The Morgan fingerprint density at radius 1 is 1.31 bits per heavy atom. The molecule has 2 heterocycles. The number of rotatable bonds is 6. The predicted molar refractivity (Wildman–Crippen MR) is 105 cm³/mol. The van der Waals surface area contributed by atoms with Gasteiger partial charge >= 0.3 is 0 Å². The minimum absolute atomic E-state index is 0.0748. The van der Waals surface area contributed by atoms with E-state index in [1.165, 1.54) is 5.82 Å². The van der Waals surface area contributed by atoms with Crippen LogP contribution in [0.5, 0.6) is 0 Å². The number of nitrogens with zero attached hydrogens (tertiary/aromatic N) is 3. The first-order valence-corrected chi connectivity index (χ1v) is 9.61. The lowest BCUT2D eigenvalue weighted by Gasteiger charge is -2.32. The van der Waals surface area contributed by atoms with Crippen LogP contribution in [0, 0.1) is 12.8 Å². The van der Waals surface area contributed by atoms with Gasteiger partial charge in [0.1, 0.15) is 5.82 Å². The van der Waals surface area contributed by atoms with Gasteiger partial charge in [-0.3, -0.25) is 9.69 Å². The quantitative estimate of drug-likeness (QED) is 0.861. The van der Waals surface area contributed by atoms with Crippen molar-refractivity contribution in [3.05, 3.63) is 48.0 Å². The number of amides is 1. The monoisotopic (exact) mass is 354 g/mol. The third-order valence-corrected chi connectivity index (χ3v) is 5.10. The van der Waals surface area contributed by atoms with Gasteiger partial charge in [-0.1, -0.05) is 26.0 Å². The molecular formula is C21H30N4O. The van der Waals surface area contributed by atoms with Gasteiger partial charge in [-0.2, -0.15) is 0 Å². The van der Waals surface area contributed by atoms with Crippen LogP contribution in [0.4, 0.5) is 5.69 Å². The van der Waals surface area contributed by atoms with Crippen LogP contribution >= 0.6 is 0 Å². The van der Waals surface area contributed by atoms with Gasteiger partial charge in [0.2, 0.25) is 5.91 Å². The first-order chi connectivity index (χ1) is 12.5. The lowest BCUT2D eigenvalue weighted by Crippen LogP contribution is -2.40. The van der Waals surface area contributed by atoms with E-state index < -0.39 is 0 Å². The lowest BCUT2D eigenvalue weighted by molar-refractivity contribution is -0.117. The van der Waals surface area contributed by atoms with Crippen LogP contribution in [-0.4, -0.2) is 40.0 Å². The van der Waals surface area contributed by atoms with Crippen molar-refractivity contribution in [2.24, 2.45) is 5.92 Å². The molecule has 140 valence electrons. The molecule has 1 N–H and O–H groups in total. The van der Waals surface area contributed by atoms with E-state index in [9.17, 15) is 4.79 Å². The van der Waals surface area contributed by atoms with Gasteiger partial charge in [0.05, 0.1) is 6.54 Å². The highest BCUT2D eigenvalue weighted by Crippen LogP contribution is 2.21. The molecule has 5 nitrogen and oxygen atoms in total. The molecule has 0 aliphatic carbocycles. The van der Waals surface area contributed by atoms with E-state index in [1.807, 2.05) is 37.4 Å². The molecule has 5 heteroatoms. The van der Waals surface area contributed by atoms with Crippen LogP contribution in [0.2, 0.25) is 0 Å². The van der Waals surface area contributed by atoms with Crippen LogP contribution in [-0.2, 0) is 11.3 Å². The van der Waals surface area contributed by atoms with E-state index >= 15 is 0 Å². The number of piperidine rings is 1. The maximum Gasteiger partial charge on any atom is 0.238 e. The molecule has 1 aromatic heterocycles. The van der Waals surface area contributed by atoms with E-state index in [0.717, 1.165) is 43.7 Å². The number of imidazole rings is 1. The van der Waals surface area contributed by atoms with Crippen molar-refractivity contribution in [2.75, 3.05) is 25.0 Å². The van der Waals surface area contributed by atoms with Crippen molar-refractivity contribution in [1.82, 2.24) is 14.5 Å². The number of hydrogen-bond donors (Lipinski definition) is 1. The van der Waals surface area contributed by atoms with Crippen LogP contribution in [0.1, 0.15) is 44.0 Å². The van der Waals surface area contributed by atoms with E-state index in [0.29, 0.717) is 18.4 Å². The number of carbonyl (C=O) groups is 1. The summed E-state index contributed by atoms with van der Waals surface area (Å²) in [5, 5.41) is 3.00. The Bertz CT molecular complexity index is 729. The number of carbonyl (C=O) groups excluding carboxylic acids is 1. The second kappa shape index (κ2) is 8.49. The van der Waals surface area contributed by atoms with Crippen molar-refractivity contribution in [3.8, 4) is 0 Å². The summed E-state index contributed by atoms with van der Waals surface area (Å²) >= 11 is 0. The Balaban J connectivity index is 1.45. The van der Waals surface area contributed by atoms with Gasteiger partial charge in [-0.25, -0.2) is 4.98 Å². The molecule has 0 atom stereocenters. The molecule has 3 rings (SSSR count). The second-order valence-electron chi connectivity index (χ2n) is 7.73. The fourth-order valence-electron chi connectivity index (χ4n) is 3.71. The number of aromatic nitrogens is 2. The maximum atomic E-state index is 12.3. The third-order valence-electron chi connectivity index (χ3n) is 5.10. The second-order valence-corrected chi connectivity index (χ2v) is 7.73. The number of anilines is 1. The zero-order chi connectivity index (χ0) is 18.5. The molecule has 0 unspecified atom stereocenters. The summed E-state index contributed by atoms with van der Waals surface area (Å²) in [5.41, 5.74) is 2.04. The average Bonchev–Trinajstić information content (AvgIpc) is 3.05. The summed E-state index contributed by atoms with van der Waals surface area (Å²) in [6.45, 7) is 9.89. The van der Waals surface area contributed by atoms with Crippen LogP contribution in [0.25, 0.3) is 0 Å². The zero-order valence-corrected chi connectivity index (χ0v) is 16.1. The molecule has 0 radical (unpaired) electrons. The van der Waals surface area contributed by atoms with E-state index in [-0.39, 0.29) is 5.91 Å². The zero-order valence-electron chi connectivity index (χ0n) is 16.1. The van der Waals surface area contributed by atoms with Crippen molar-refractivity contribution < 1.29 is 4.79 Å². The molecule has 1 aromatic carbocycles. The van der Waals surface area contributed by atoms with Gasteiger partial charge < -0.3 is 9.88 Å². The normalized spacial score (nSPS) is 16.2. The Kier molecular flexibility index (Phi) is 6.09. The summed E-state index contributed by atoms with van der Waals surface area (Å²) < 4.78 is 2.30. The molecule has 1 amide bonds. The lowest BCUT2D eigenvalue weighted by atomic mass is 9.96. The van der Waals surface area contributed by atoms with Gasteiger partial charge in [-0.15, -0.1) is 0 Å². The minimum Gasteiger partial charge on any atom is -0.334 e. The van der Waals surface area contributed by atoms with Crippen molar-refractivity contribution >= 4 is 11.6 Å². The molecular weight excluding hydrogens is 324 g/mol. The molecule has 1 aliphatic rings. The molecule has 1 aliphatic heterocycles. The van der Waals surface area contributed by atoms with E-state index in [4.69, 9.17) is 0 Å².